The number of hydrogen-bond donors (Lipinski definition) is 2. The summed E-state index contributed by atoms with van der Waals surface area (Å²) in [5, 5.41) is 5.67. The third kappa shape index (κ3) is 4.04. The molecule has 0 aliphatic rings. The first-order valence-corrected chi connectivity index (χ1v) is 9.82. The average Bonchev–Trinajstić information content (AvgIpc) is 3.10. The maximum absolute atomic E-state index is 13.0. The number of sulfonamides is 1. The highest BCUT2D eigenvalue weighted by Gasteiger charge is 2.16. The molecule has 2 aromatic carbocycles. The first kappa shape index (κ1) is 17.5. The van der Waals surface area contributed by atoms with E-state index in [1.165, 1.54) is 30.5 Å². The Morgan fingerprint density at radius 2 is 1.84 bits per heavy atom. The molecule has 1 heterocycles. The highest BCUT2D eigenvalue weighted by molar-refractivity contribution is 7.89. The zero-order valence-electron chi connectivity index (χ0n) is 13.4. The SMILES string of the molecule is CNS(=O)(=O)c1ccccc1CNc1nc(-c2ccc(F)cc2)cs1. The molecule has 3 aromatic rings. The lowest BCUT2D eigenvalue weighted by Gasteiger charge is -2.10. The molecule has 0 spiro atoms. The van der Waals surface area contributed by atoms with Gasteiger partial charge in [-0.15, -0.1) is 11.3 Å². The van der Waals surface area contributed by atoms with E-state index in [1.807, 2.05) is 5.38 Å². The maximum Gasteiger partial charge on any atom is 0.240 e. The Kier molecular flexibility index (Phi) is 5.12. The quantitative estimate of drug-likeness (QED) is 0.690. The molecule has 0 atom stereocenters. The number of anilines is 1. The van der Waals surface area contributed by atoms with E-state index < -0.39 is 10.0 Å². The van der Waals surface area contributed by atoms with E-state index >= 15 is 0 Å². The molecule has 8 heteroatoms. The fourth-order valence-electron chi connectivity index (χ4n) is 2.30. The van der Waals surface area contributed by atoms with Crippen LogP contribution in [0.1, 0.15) is 5.56 Å². The van der Waals surface area contributed by atoms with Gasteiger partial charge in [0.05, 0.1) is 10.6 Å². The molecule has 0 saturated carbocycles. The lowest BCUT2D eigenvalue weighted by Crippen LogP contribution is -2.20. The molecule has 0 aliphatic heterocycles. The van der Waals surface area contributed by atoms with Crippen LogP contribution in [0.15, 0.2) is 58.8 Å². The zero-order chi connectivity index (χ0) is 17.9. The van der Waals surface area contributed by atoms with E-state index in [1.54, 1.807) is 36.4 Å². The number of hydrogen-bond acceptors (Lipinski definition) is 5. The molecule has 130 valence electrons. The molecule has 0 amide bonds. The third-order valence-electron chi connectivity index (χ3n) is 3.61. The summed E-state index contributed by atoms with van der Waals surface area (Å²) in [6.45, 7) is 0.327. The molecule has 25 heavy (non-hydrogen) atoms. The van der Waals surface area contributed by atoms with Crippen LogP contribution in [-0.4, -0.2) is 20.4 Å². The minimum absolute atomic E-state index is 0.236. The van der Waals surface area contributed by atoms with Crippen LogP contribution in [0.5, 0.6) is 0 Å². The zero-order valence-corrected chi connectivity index (χ0v) is 15.0. The average molecular weight is 377 g/mol. The summed E-state index contributed by atoms with van der Waals surface area (Å²) in [4.78, 5) is 4.69. The van der Waals surface area contributed by atoms with Crippen LogP contribution in [0.3, 0.4) is 0 Å². The summed E-state index contributed by atoms with van der Waals surface area (Å²) >= 11 is 1.41. The number of nitrogens with one attached hydrogen (secondary N) is 2. The second kappa shape index (κ2) is 7.30. The van der Waals surface area contributed by atoms with Gasteiger partial charge in [0, 0.05) is 17.5 Å². The Morgan fingerprint density at radius 3 is 2.56 bits per heavy atom. The minimum atomic E-state index is -3.52. The lowest BCUT2D eigenvalue weighted by molar-refractivity contribution is 0.587. The number of benzene rings is 2. The number of rotatable bonds is 6. The molecular weight excluding hydrogens is 361 g/mol. The van der Waals surface area contributed by atoms with Crippen molar-refractivity contribution < 1.29 is 12.8 Å². The van der Waals surface area contributed by atoms with Gasteiger partial charge in [-0.1, -0.05) is 18.2 Å². The molecule has 5 nitrogen and oxygen atoms in total. The topological polar surface area (TPSA) is 71.1 Å². The molecule has 0 unspecified atom stereocenters. The molecule has 0 saturated heterocycles. The Morgan fingerprint density at radius 1 is 1.12 bits per heavy atom. The van der Waals surface area contributed by atoms with Gasteiger partial charge in [-0.3, -0.25) is 0 Å². The van der Waals surface area contributed by atoms with Crippen molar-refractivity contribution in [3.8, 4) is 11.3 Å². The third-order valence-corrected chi connectivity index (χ3v) is 5.92. The van der Waals surface area contributed by atoms with Crippen LogP contribution in [0.4, 0.5) is 9.52 Å². The molecule has 0 aliphatic carbocycles. The van der Waals surface area contributed by atoms with Crippen molar-refractivity contribution >= 4 is 26.5 Å². The van der Waals surface area contributed by atoms with Gasteiger partial charge in [0.25, 0.3) is 0 Å². The van der Waals surface area contributed by atoms with Gasteiger partial charge in [-0.25, -0.2) is 22.5 Å². The van der Waals surface area contributed by atoms with Gasteiger partial charge in [-0.05, 0) is 42.9 Å². The van der Waals surface area contributed by atoms with E-state index in [2.05, 4.69) is 15.0 Å². The van der Waals surface area contributed by atoms with E-state index in [4.69, 9.17) is 0 Å². The van der Waals surface area contributed by atoms with Crippen molar-refractivity contribution in [3.05, 3.63) is 65.3 Å². The van der Waals surface area contributed by atoms with Gasteiger partial charge < -0.3 is 5.32 Å². The Hall–Kier alpha value is -2.29. The highest BCUT2D eigenvalue weighted by Crippen LogP contribution is 2.26. The van der Waals surface area contributed by atoms with Crippen molar-refractivity contribution in [1.29, 1.82) is 0 Å². The van der Waals surface area contributed by atoms with Crippen LogP contribution < -0.4 is 10.0 Å². The van der Waals surface area contributed by atoms with E-state index in [9.17, 15) is 12.8 Å². The fraction of sp³-hybridized carbons (Fsp3) is 0.118. The van der Waals surface area contributed by atoms with Crippen molar-refractivity contribution in [1.82, 2.24) is 9.71 Å². The van der Waals surface area contributed by atoms with Crippen LogP contribution in [0, 0.1) is 5.82 Å². The normalized spacial score (nSPS) is 11.4. The second-order valence-electron chi connectivity index (χ2n) is 5.21. The van der Waals surface area contributed by atoms with E-state index in [0.29, 0.717) is 17.2 Å². The largest absolute Gasteiger partial charge is 0.357 e. The lowest BCUT2D eigenvalue weighted by atomic mass is 10.2. The summed E-state index contributed by atoms with van der Waals surface area (Å²) in [6, 6.07) is 12.9. The Balaban J connectivity index is 1.76. The number of aromatic nitrogens is 1. The Bertz CT molecular complexity index is 970. The van der Waals surface area contributed by atoms with Gasteiger partial charge >= 0.3 is 0 Å². The number of thiazole rings is 1. The molecule has 0 fully saturated rings. The predicted molar refractivity (Wildman–Crippen MR) is 97.5 cm³/mol. The van der Waals surface area contributed by atoms with Crippen molar-refractivity contribution in [2.75, 3.05) is 12.4 Å². The molecule has 0 radical (unpaired) electrons. The monoisotopic (exact) mass is 377 g/mol. The number of nitrogens with zero attached hydrogens (tertiary/aromatic N) is 1. The molecule has 0 bridgehead atoms. The molecule has 1 aromatic heterocycles. The summed E-state index contributed by atoms with van der Waals surface area (Å²) in [5.74, 6) is -0.292. The first-order chi connectivity index (χ1) is 12.0. The van der Waals surface area contributed by atoms with E-state index in [0.717, 1.165) is 11.3 Å². The molecule has 3 rings (SSSR count). The summed E-state index contributed by atoms with van der Waals surface area (Å²) in [7, 11) is -2.13. The van der Waals surface area contributed by atoms with Crippen molar-refractivity contribution in [2.24, 2.45) is 0 Å². The van der Waals surface area contributed by atoms with Crippen molar-refractivity contribution in [2.45, 2.75) is 11.4 Å². The smallest absolute Gasteiger partial charge is 0.240 e. The van der Waals surface area contributed by atoms with Crippen LogP contribution in [0.2, 0.25) is 0 Å². The van der Waals surface area contributed by atoms with Crippen LogP contribution in [-0.2, 0) is 16.6 Å². The van der Waals surface area contributed by atoms with Gasteiger partial charge in [0.2, 0.25) is 10.0 Å². The molecule has 2 N–H and O–H groups in total. The maximum atomic E-state index is 13.0. The van der Waals surface area contributed by atoms with E-state index in [-0.39, 0.29) is 10.7 Å². The summed E-state index contributed by atoms with van der Waals surface area (Å²) < 4.78 is 39.5. The highest BCUT2D eigenvalue weighted by atomic mass is 32.2. The van der Waals surface area contributed by atoms with Gasteiger partial charge in [-0.2, -0.15) is 0 Å². The van der Waals surface area contributed by atoms with Crippen molar-refractivity contribution in [3.63, 3.8) is 0 Å². The summed E-state index contributed by atoms with van der Waals surface area (Å²) in [5.41, 5.74) is 2.21. The molecular formula is C17H16FN3O2S2. The fourth-order valence-corrected chi connectivity index (χ4v) is 3.98. The first-order valence-electron chi connectivity index (χ1n) is 7.46. The second-order valence-corrected chi connectivity index (χ2v) is 7.93. The van der Waals surface area contributed by atoms with Crippen LogP contribution in [0.25, 0.3) is 11.3 Å². The van der Waals surface area contributed by atoms with Gasteiger partial charge in [0.15, 0.2) is 5.13 Å². The Labute approximate surface area is 149 Å². The number of halogens is 1. The predicted octanol–water partition coefficient (Wildman–Crippen LogP) is 3.47. The van der Waals surface area contributed by atoms with Gasteiger partial charge in [0.1, 0.15) is 5.82 Å². The minimum Gasteiger partial charge on any atom is -0.357 e. The standard InChI is InChI=1S/C17H16FN3O2S2/c1-19-25(22,23)16-5-3-2-4-13(16)10-20-17-21-15(11-24-17)12-6-8-14(18)9-7-12/h2-9,11,19H,10H2,1H3,(H,20,21). The summed E-state index contributed by atoms with van der Waals surface area (Å²) in [6.07, 6.45) is 0. The van der Waals surface area contributed by atoms with Crippen LogP contribution >= 0.6 is 11.3 Å².